The van der Waals surface area contributed by atoms with Crippen molar-refractivity contribution in [3.63, 3.8) is 0 Å². The van der Waals surface area contributed by atoms with Crippen molar-refractivity contribution in [1.29, 1.82) is 0 Å². The number of nitrogens with one attached hydrogen (secondary N) is 1. The van der Waals surface area contributed by atoms with Gasteiger partial charge in [0.2, 0.25) is 0 Å². The molecule has 1 N–H and O–H groups in total. The Hall–Kier alpha value is 0.0500. The van der Waals surface area contributed by atoms with Crippen LogP contribution in [0.25, 0.3) is 0 Å². The number of allylic oxidation sites excluding steroid dienone is 1. The normalized spacial score (nSPS) is 35.7. The minimum absolute atomic E-state index is 0.777. The van der Waals surface area contributed by atoms with Crippen LogP contribution in [0.15, 0.2) is 12.2 Å². The fraction of sp³-hybridized carbons (Fsp3) is 0.800. The average Bonchev–Trinajstić information content (AvgIpc) is 2.59. The molecular formula is C10H17NS. The van der Waals surface area contributed by atoms with Crippen LogP contribution in [0.2, 0.25) is 0 Å². The fourth-order valence-corrected chi connectivity index (χ4v) is 3.11. The highest BCUT2D eigenvalue weighted by atomic mass is 32.2. The molecule has 2 heteroatoms. The zero-order valence-corrected chi connectivity index (χ0v) is 8.28. The minimum atomic E-state index is 0.777. The first-order valence-corrected chi connectivity index (χ1v) is 6.09. The molecule has 1 nitrogen and oxygen atoms in total. The van der Waals surface area contributed by atoms with Crippen molar-refractivity contribution in [2.75, 3.05) is 11.5 Å². The summed E-state index contributed by atoms with van der Waals surface area (Å²) < 4.78 is 0. The molecule has 2 rings (SSSR count). The van der Waals surface area contributed by atoms with Gasteiger partial charge in [-0.25, -0.2) is 0 Å². The Morgan fingerprint density at radius 1 is 1.17 bits per heavy atom. The number of hydrogen-bond donors (Lipinski definition) is 1. The molecule has 1 fully saturated rings. The minimum Gasteiger partial charge on any atom is -0.310 e. The molecule has 1 heterocycles. The SMILES string of the molecule is C1=CCC(NC2CCSC2)CC1. The van der Waals surface area contributed by atoms with E-state index in [0.717, 1.165) is 12.1 Å². The Bertz CT molecular complexity index is 161. The van der Waals surface area contributed by atoms with E-state index in [1.807, 2.05) is 0 Å². The molecule has 0 spiro atoms. The Balaban J connectivity index is 1.74. The maximum atomic E-state index is 3.75. The van der Waals surface area contributed by atoms with Gasteiger partial charge >= 0.3 is 0 Å². The molecule has 0 aromatic rings. The summed E-state index contributed by atoms with van der Waals surface area (Å²) in [6.45, 7) is 0. The van der Waals surface area contributed by atoms with Crippen LogP contribution in [-0.4, -0.2) is 23.6 Å². The molecule has 1 aliphatic carbocycles. The topological polar surface area (TPSA) is 12.0 Å². The van der Waals surface area contributed by atoms with Crippen LogP contribution in [0.1, 0.15) is 25.7 Å². The first-order chi connectivity index (χ1) is 5.95. The van der Waals surface area contributed by atoms with Crippen LogP contribution in [0.3, 0.4) is 0 Å². The summed E-state index contributed by atoms with van der Waals surface area (Å²) in [5.74, 6) is 2.69. The number of hydrogen-bond acceptors (Lipinski definition) is 2. The monoisotopic (exact) mass is 183 g/mol. The molecule has 0 radical (unpaired) electrons. The van der Waals surface area contributed by atoms with Crippen LogP contribution in [-0.2, 0) is 0 Å². The van der Waals surface area contributed by atoms with E-state index in [9.17, 15) is 0 Å². The fourth-order valence-electron chi connectivity index (χ4n) is 1.94. The summed E-state index contributed by atoms with van der Waals surface area (Å²) in [7, 11) is 0. The lowest BCUT2D eigenvalue weighted by molar-refractivity contribution is 0.422. The zero-order valence-electron chi connectivity index (χ0n) is 7.46. The van der Waals surface area contributed by atoms with Gasteiger partial charge in [0.1, 0.15) is 0 Å². The van der Waals surface area contributed by atoms with Gasteiger partial charge in [-0.1, -0.05) is 12.2 Å². The summed E-state index contributed by atoms with van der Waals surface area (Å²) >= 11 is 2.09. The van der Waals surface area contributed by atoms with Crippen molar-refractivity contribution < 1.29 is 0 Å². The lowest BCUT2D eigenvalue weighted by Gasteiger charge is -2.23. The quantitative estimate of drug-likeness (QED) is 0.659. The summed E-state index contributed by atoms with van der Waals surface area (Å²) in [5, 5.41) is 3.75. The Morgan fingerprint density at radius 3 is 2.83 bits per heavy atom. The Morgan fingerprint density at radius 2 is 2.17 bits per heavy atom. The highest BCUT2D eigenvalue weighted by Crippen LogP contribution is 2.19. The maximum absolute atomic E-state index is 3.75. The largest absolute Gasteiger partial charge is 0.310 e. The molecule has 0 saturated carbocycles. The average molecular weight is 183 g/mol. The van der Waals surface area contributed by atoms with Crippen LogP contribution >= 0.6 is 11.8 Å². The summed E-state index contributed by atoms with van der Waals surface area (Å²) in [5.41, 5.74) is 0. The predicted octanol–water partition coefficient (Wildman–Crippen LogP) is 2.19. The number of rotatable bonds is 2. The predicted molar refractivity (Wildman–Crippen MR) is 55.6 cm³/mol. The molecule has 1 aliphatic heterocycles. The first-order valence-electron chi connectivity index (χ1n) is 4.94. The van der Waals surface area contributed by atoms with Gasteiger partial charge in [0.25, 0.3) is 0 Å². The molecule has 1 saturated heterocycles. The molecule has 68 valence electrons. The van der Waals surface area contributed by atoms with Crippen molar-refractivity contribution in [2.45, 2.75) is 37.8 Å². The standard InChI is InChI=1S/C10H17NS/c1-2-4-9(5-3-1)11-10-6-7-12-8-10/h1-2,9-11H,3-8H2. The van der Waals surface area contributed by atoms with Crippen LogP contribution in [0, 0.1) is 0 Å². The van der Waals surface area contributed by atoms with E-state index in [1.54, 1.807) is 0 Å². The van der Waals surface area contributed by atoms with E-state index in [0.29, 0.717) is 0 Å². The second-order valence-electron chi connectivity index (χ2n) is 3.71. The molecule has 0 amide bonds. The van der Waals surface area contributed by atoms with Gasteiger partial charge < -0.3 is 5.32 Å². The van der Waals surface area contributed by atoms with E-state index in [4.69, 9.17) is 0 Å². The van der Waals surface area contributed by atoms with Gasteiger partial charge in [0.05, 0.1) is 0 Å². The van der Waals surface area contributed by atoms with Crippen LogP contribution in [0.5, 0.6) is 0 Å². The first kappa shape index (κ1) is 8.64. The van der Waals surface area contributed by atoms with E-state index in [1.165, 1.54) is 37.2 Å². The Kier molecular flexibility index (Phi) is 3.12. The third-order valence-corrected chi connectivity index (χ3v) is 3.83. The van der Waals surface area contributed by atoms with Gasteiger partial charge in [-0.3, -0.25) is 0 Å². The molecule has 0 aromatic carbocycles. The Labute approximate surface area is 79.0 Å². The lowest BCUT2D eigenvalue weighted by atomic mass is 10.0. The molecule has 0 aromatic heterocycles. The molecule has 2 unspecified atom stereocenters. The highest BCUT2D eigenvalue weighted by molar-refractivity contribution is 7.99. The third kappa shape index (κ3) is 2.27. The van der Waals surface area contributed by atoms with Crippen molar-refractivity contribution >= 4 is 11.8 Å². The van der Waals surface area contributed by atoms with Crippen molar-refractivity contribution in [1.82, 2.24) is 5.32 Å². The second-order valence-corrected chi connectivity index (χ2v) is 4.86. The third-order valence-electron chi connectivity index (χ3n) is 2.67. The highest BCUT2D eigenvalue weighted by Gasteiger charge is 2.19. The van der Waals surface area contributed by atoms with Crippen molar-refractivity contribution in [3.8, 4) is 0 Å². The molecule has 2 aliphatic rings. The van der Waals surface area contributed by atoms with E-state index >= 15 is 0 Å². The maximum Gasteiger partial charge on any atom is 0.0168 e. The van der Waals surface area contributed by atoms with Gasteiger partial charge in [-0.2, -0.15) is 11.8 Å². The zero-order chi connectivity index (χ0) is 8.23. The summed E-state index contributed by atoms with van der Waals surface area (Å²) in [6.07, 6.45) is 9.88. The van der Waals surface area contributed by atoms with Gasteiger partial charge in [0.15, 0.2) is 0 Å². The van der Waals surface area contributed by atoms with E-state index in [-0.39, 0.29) is 0 Å². The van der Waals surface area contributed by atoms with E-state index in [2.05, 4.69) is 29.2 Å². The number of thioether (sulfide) groups is 1. The van der Waals surface area contributed by atoms with Crippen molar-refractivity contribution in [3.05, 3.63) is 12.2 Å². The second kappa shape index (κ2) is 4.33. The summed E-state index contributed by atoms with van der Waals surface area (Å²) in [4.78, 5) is 0. The van der Waals surface area contributed by atoms with Crippen LogP contribution < -0.4 is 5.32 Å². The molecule has 2 atom stereocenters. The molecular weight excluding hydrogens is 166 g/mol. The van der Waals surface area contributed by atoms with E-state index < -0.39 is 0 Å². The summed E-state index contributed by atoms with van der Waals surface area (Å²) in [6, 6.07) is 1.59. The van der Waals surface area contributed by atoms with Crippen molar-refractivity contribution in [2.24, 2.45) is 0 Å². The smallest absolute Gasteiger partial charge is 0.0168 e. The van der Waals surface area contributed by atoms with Crippen LogP contribution in [0.4, 0.5) is 0 Å². The van der Waals surface area contributed by atoms with Gasteiger partial charge in [0, 0.05) is 17.8 Å². The molecule has 0 bridgehead atoms. The van der Waals surface area contributed by atoms with Gasteiger partial charge in [-0.15, -0.1) is 0 Å². The van der Waals surface area contributed by atoms with Gasteiger partial charge in [-0.05, 0) is 31.4 Å². The lowest BCUT2D eigenvalue weighted by Crippen LogP contribution is -2.38. The molecule has 12 heavy (non-hydrogen) atoms.